The van der Waals surface area contributed by atoms with Gasteiger partial charge >= 0.3 is 0 Å². The van der Waals surface area contributed by atoms with Gasteiger partial charge in [0.15, 0.2) is 17.4 Å². The number of hydrogen-bond acceptors (Lipinski definition) is 2. The molecule has 0 fully saturated rings. The van der Waals surface area contributed by atoms with Crippen LogP contribution in [0.3, 0.4) is 0 Å². The maximum atomic E-state index is 13.1. The molecule has 0 spiro atoms. The summed E-state index contributed by atoms with van der Waals surface area (Å²) in [6, 6.07) is 12.9. The molecule has 0 aliphatic carbocycles. The van der Waals surface area contributed by atoms with Crippen LogP contribution in [0.25, 0.3) is 0 Å². The lowest BCUT2D eigenvalue weighted by atomic mass is 9.86. The van der Waals surface area contributed by atoms with Crippen LogP contribution in [0.2, 0.25) is 0 Å². The molecule has 25 heavy (non-hydrogen) atoms. The number of Topliss-reactive ketones (excluding diaryl/α,β-unsaturated/α-hetero) is 1. The fraction of sp³-hybridized carbons (Fsp3) is 0.286. The van der Waals surface area contributed by atoms with Crippen LogP contribution in [-0.4, -0.2) is 17.3 Å². The summed E-state index contributed by atoms with van der Waals surface area (Å²) in [6.45, 7) is 10.7. The maximum Gasteiger partial charge on any atom is 0.270 e. The van der Waals surface area contributed by atoms with Crippen LogP contribution in [0.15, 0.2) is 67.5 Å². The Kier molecular flexibility index (Phi) is 6.21. The van der Waals surface area contributed by atoms with E-state index in [0.29, 0.717) is 17.1 Å². The number of benzene rings is 1. The molecule has 2 aromatic rings. The fourth-order valence-electron chi connectivity index (χ4n) is 2.54. The van der Waals surface area contributed by atoms with Crippen molar-refractivity contribution in [2.75, 3.05) is 6.54 Å². The Labute approximate surface area is 155 Å². The lowest BCUT2D eigenvalue weighted by Gasteiger charge is -2.19. The van der Waals surface area contributed by atoms with E-state index in [4.69, 9.17) is 12.2 Å². The van der Waals surface area contributed by atoms with Crippen molar-refractivity contribution in [1.82, 2.24) is 5.32 Å². The minimum atomic E-state index is -0.573. The van der Waals surface area contributed by atoms with Gasteiger partial charge in [0, 0.05) is 24.2 Å². The van der Waals surface area contributed by atoms with Crippen molar-refractivity contribution in [2.45, 2.75) is 32.2 Å². The van der Waals surface area contributed by atoms with E-state index in [1.165, 1.54) is 5.56 Å². The molecule has 1 aromatic heterocycles. The molecule has 3 nitrogen and oxygen atoms in total. The van der Waals surface area contributed by atoms with E-state index < -0.39 is 6.04 Å². The average molecular weight is 354 g/mol. The topological polar surface area (TPSA) is 33.0 Å². The van der Waals surface area contributed by atoms with Gasteiger partial charge in [-0.3, -0.25) is 4.79 Å². The zero-order chi connectivity index (χ0) is 18.4. The molecule has 0 saturated carbocycles. The smallest absolute Gasteiger partial charge is 0.270 e. The van der Waals surface area contributed by atoms with E-state index in [1.54, 1.807) is 6.08 Å². The molecular formula is C21H25N2OS+. The first-order valence-corrected chi connectivity index (χ1v) is 8.74. The first-order valence-electron chi connectivity index (χ1n) is 8.33. The minimum Gasteiger partial charge on any atom is -0.370 e. The summed E-state index contributed by atoms with van der Waals surface area (Å²) in [6.07, 6.45) is 5.43. The number of carbonyl (C=O) groups is 1. The van der Waals surface area contributed by atoms with Crippen LogP contribution in [-0.2, 0) is 5.41 Å². The fourth-order valence-corrected chi connectivity index (χ4v) is 2.85. The SMILES string of the molecule is C=CCNC(=S)[C@@H](C(=O)c1ccc(C(C)(C)C)cc1)[n+]1ccccc1. The van der Waals surface area contributed by atoms with Gasteiger partial charge in [-0.2, -0.15) is 4.57 Å². The molecule has 4 heteroatoms. The van der Waals surface area contributed by atoms with E-state index in [-0.39, 0.29) is 11.2 Å². The van der Waals surface area contributed by atoms with E-state index in [9.17, 15) is 4.79 Å². The van der Waals surface area contributed by atoms with Crippen molar-refractivity contribution >= 4 is 23.0 Å². The van der Waals surface area contributed by atoms with Crippen LogP contribution in [0.4, 0.5) is 0 Å². The number of carbonyl (C=O) groups excluding carboxylic acids is 1. The number of rotatable bonds is 6. The molecule has 130 valence electrons. The molecule has 0 amide bonds. The molecule has 1 heterocycles. The lowest BCUT2D eigenvalue weighted by molar-refractivity contribution is -0.692. The molecule has 0 bridgehead atoms. The summed E-state index contributed by atoms with van der Waals surface area (Å²) in [7, 11) is 0. The Hall–Kier alpha value is -2.33. The van der Waals surface area contributed by atoms with Crippen LogP contribution < -0.4 is 9.88 Å². The Morgan fingerprint density at radius 3 is 2.32 bits per heavy atom. The summed E-state index contributed by atoms with van der Waals surface area (Å²) >= 11 is 5.48. The molecular weight excluding hydrogens is 328 g/mol. The Balaban J connectivity index is 2.35. The van der Waals surface area contributed by atoms with Crippen LogP contribution in [0.5, 0.6) is 0 Å². The highest BCUT2D eigenvalue weighted by Crippen LogP contribution is 2.23. The predicted molar refractivity (Wildman–Crippen MR) is 106 cm³/mol. The van der Waals surface area contributed by atoms with E-state index in [2.05, 4.69) is 32.7 Å². The van der Waals surface area contributed by atoms with Gasteiger partial charge in [-0.05, 0) is 11.0 Å². The summed E-state index contributed by atoms with van der Waals surface area (Å²) in [5, 5.41) is 3.09. The molecule has 0 radical (unpaired) electrons. The van der Waals surface area contributed by atoms with Gasteiger partial charge in [0.1, 0.15) is 0 Å². The van der Waals surface area contributed by atoms with Gasteiger partial charge in [0.05, 0.1) is 0 Å². The molecule has 0 saturated heterocycles. The van der Waals surface area contributed by atoms with Gasteiger partial charge in [-0.1, -0.05) is 69.4 Å². The van der Waals surface area contributed by atoms with Gasteiger partial charge < -0.3 is 5.32 Å². The second-order valence-corrected chi connectivity index (χ2v) is 7.39. The molecule has 1 N–H and O–H groups in total. The molecule has 1 aromatic carbocycles. The Morgan fingerprint density at radius 1 is 1.20 bits per heavy atom. The normalized spacial score (nSPS) is 12.3. The van der Waals surface area contributed by atoms with Gasteiger partial charge in [-0.15, -0.1) is 6.58 Å². The molecule has 1 atom stereocenters. The van der Waals surface area contributed by atoms with Crippen LogP contribution in [0.1, 0.15) is 42.7 Å². The number of nitrogens with one attached hydrogen (secondary N) is 1. The maximum absolute atomic E-state index is 13.1. The minimum absolute atomic E-state index is 0.0294. The van der Waals surface area contributed by atoms with E-state index in [1.807, 2.05) is 59.4 Å². The van der Waals surface area contributed by atoms with E-state index in [0.717, 1.165) is 0 Å². The second-order valence-electron chi connectivity index (χ2n) is 6.95. The third kappa shape index (κ3) is 4.83. The summed E-state index contributed by atoms with van der Waals surface area (Å²) in [5.74, 6) is -0.0294. The number of hydrogen-bond donors (Lipinski definition) is 1. The standard InChI is InChI=1S/C21H24N2OS/c1-5-13-22-20(25)18(23-14-7-6-8-15-23)19(24)16-9-11-17(12-10-16)21(2,3)4/h5-12,14-15,18H,1,13H2,2-4H3/p+1/t18-/m1/s1. The van der Waals surface area contributed by atoms with Gasteiger partial charge in [0.2, 0.25) is 5.78 Å². The number of ketones is 1. The zero-order valence-electron chi connectivity index (χ0n) is 15.0. The van der Waals surface area contributed by atoms with Crippen molar-refractivity contribution in [3.05, 3.63) is 78.6 Å². The molecule has 2 rings (SSSR count). The predicted octanol–water partition coefficient (Wildman–Crippen LogP) is 3.80. The highest BCUT2D eigenvalue weighted by atomic mass is 32.1. The quantitative estimate of drug-likeness (QED) is 0.371. The molecule has 0 aliphatic rings. The summed E-state index contributed by atoms with van der Waals surface area (Å²) in [4.78, 5) is 13.6. The summed E-state index contributed by atoms with van der Waals surface area (Å²) in [5.41, 5.74) is 1.90. The third-order valence-corrected chi connectivity index (χ3v) is 4.36. The van der Waals surface area contributed by atoms with Crippen molar-refractivity contribution in [2.24, 2.45) is 0 Å². The number of pyridine rings is 1. The first kappa shape index (κ1) is 19.0. The Morgan fingerprint density at radius 2 is 1.80 bits per heavy atom. The number of aromatic nitrogens is 1. The van der Waals surface area contributed by atoms with Gasteiger partial charge in [0.25, 0.3) is 6.04 Å². The van der Waals surface area contributed by atoms with Crippen molar-refractivity contribution in [3.63, 3.8) is 0 Å². The number of nitrogens with zero attached hydrogens (tertiary/aromatic N) is 1. The molecule has 0 unspecified atom stereocenters. The Bertz CT molecular complexity index is 746. The van der Waals surface area contributed by atoms with Crippen molar-refractivity contribution in [3.8, 4) is 0 Å². The third-order valence-electron chi connectivity index (χ3n) is 3.99. The van der Waals surface area contributed by atoms with Crippen molar-refractivity contribution < 1.29 is 9.36 Å². The monoisotopic (exact) mass is 353 g/mol. The number of thiocarbonyl (C=S) groups is 1. The lowest BCUT2D eigenvalue weighted by Crippen LogP contribution is -2.51. The van der Waals surface area contributed by atoms with Crippen molar-refractivity contribution in [1.29, 1.82) is 0 Å². The largest absolute Gasteiger partial charge is 0.370 e. The highest BCUT2D eigenvalue weighted by Gasteiger charge is 2.32. The second kappa shape index (κ2) is 8.17. The van der Waals surface area contributed by atoms with Gasteiger partial charge in [-0.25, -0.2) is 0 Å². The zero-order valence-corrected chi connectivity index (χ0v) is 15.8. The van der Waals surface area contributed by atoms with E-state index >= 15 is 0 Å². The first-order chi connectivity index (χ1) is 11.8. The average Bonchev–Trinajstić information content (AvgIpc) is 2.60. The van der Waals surface area contributed by atoms with Crippen LogP contribution >= 0.6 is 12.2 Å². The van der Waals surface area contributed by atoms with Crippen LogP contribution in [0, 0.1) is 0 Å². The molecule has 0 aliphatic heterocycles. The highest BCUT2D eigenvalue weighted by molar-refractivity contribution is 7.80. The summed E-state index contributed by atoms with van der Waals surface area (Å²) < 4.78 is 1.83.